The normalized spacial score (nSPS) is 13.7. The highest BCUT2D eigenvalue weighted by Crippen LogP contribution is 2.44. The molecule has 5 heteroatoms. The lowest BCUT2D eigenvalue weighted by Gasteiger charge is -2.16. The molecule has 0 radical (unpaired) electrons. The minimum Gasteiger partial charge on any atom is -0.309 e. The summed E-state index contributed by atoms with van der Waals surface area (Å²) in [5.74, 6) is 2.20. The van der Waals surface area contributed by atoms with E-state index < -0.39 is 0 Å². The standard InChI is InChI=1S/C66H45N5/c1-42-32-35-60-54(36-42)53-34-33-52-49-24-11-16-29-59(49)71(66(52)65(53)69(60)47-22-9-4-10-23-47)64-31-17-30-63(67-64)70-58-28-15-13-26-51(58)56-40-61-55(41-62(56)70)50-25-12-14-27-57(50)68(61)48-38-45(43-18-5-2-6-19-43)37-46(39-48)44-20-7-3-8-21-44/h2-35,37-42H,36H2,1H3. The average Bonchev–Trinajstić information content (AvgIpc) is 4.16. The van der Waals surface area contributed by atoms with Crippen molar-refractivity contribution in [3.63, 3.8) is 0 Å². The zero-order valence-corrected chi connectivity index (χ0v) is 39.0. The summed E-state index contributed by atoms with van der Waals surface area (Å²) in [5.41, 5.74) is 17.7. The Morgan fingerprint density at radius 3 is 1.48 bits per heavy atom. The molecule has 1 aliphatic rings. The third-order valence-corrected chi connectivity index (χ3v) is 15.1. The molecule has 1 aliphatic carbocycles. The molecule has 0 saturated heterocycles. The molecule has 1 unspecified atom stereocenters. The molecule has 14 aromatic rings. The van der Waals surface area contributed by atoms with Crippen LogP contribution in [0.5, 0.6) is 0 Å². The van der Waals surface area contributed by atoms with Gasteiger partial charge in [0, 0.05) is 54.8 Å². The lowest BCUT2D eigenvalue weighted by atomic mass is 9.93. The molecular formula is C66H45N5. The van der Waals surface area contributed by atoms with Gasteiger partial charge in [-0.15, -0.1) is 0 Å². The Bertz CT molecular complexity index is 4430. The summed E-state index contributed by atoms with van der Waals surface area (Å²) >= 11 is 0. The maximum Gasteiger partial charge on any atom is 0.140 e. The number of pyridine rings is 1. The molecule has 71 heavy (non-hydrogen) atoms. The van der Waals surface area contributed by atoms with Gasteiger partial charge in [0.25, 0.3) is 0 Å². The number of para-hydroxylation sites is 4. The fourth-order valence-electron chi connectivity index (χ4n) is 12.0. The molecule has 0 aliphatic heterocycles. The van der Waals surface area contributed by atoms with Gasteiger partial charge in [-0.05, 0) is 119 Å². The van der Waals surface area contributed by atoms with E-state index >= 15 is 0 Å². The van der Waals surface area contributed by atoms with Gasteiger partial charge in [0.1, 0.15) is 11.6 Å². The third-order valence-electron chi connectivity index (χ3n) is 15.1. The number of rotatable bonds is 6. The van der Waals surface area contributed by atoms with Gasteiger partial charge < -0.3 is 9.13 Å². The number of aromatic nitrogens is 5. The maximum atomic E-state index is 5.73. The SMILES string of the molecule is CC1C=Cc2c(c3ccc4c5ccccc5n(-c5cccc(-n6c7ccccc7c7cc8c(cc76)c6ccccc6n8-c6cc(-c7ccccc7)cc(-c7ccccc7)c6)n5)c4c3n2-c2ccccc2)C1. The van der Waals surface area contributed by atoms with Crippen LogP contribution in [-0.4, -0.2) is 23.3 Å². The number of hydrogen-bond donors (Lipinski definition) is 0. The molecule has 5 heterocycles. The van der Waals surface area contributed by atoms with E-state index in [0.717, 1.165) is 57.0 Å². The Morgan fingerprint density at radius 2 is 0.845 bits per heavy atom. The molecule has 0 fully saturated rings. The van der Waals surface area contributed by atoms with Crippen LogP contribution in [0.25, 0.3) is 128 Å². The largest absolute Gasteiger partial charge is 0.309 e. The summed E-state index contributed by atoms with van der Waals surface area (Å²) in [6.07, 6.45) is 5.70. The first-order chi connectivity index (χ1) is 35.1. The lowest BCUT2D eigenvalue weighted by molar-refractivity contribution is 0.718. The van der Waals surface area contributed by atoms with Crippen molar-refractivity contribution in [2.45, 2.75) is 13.3 Å². The molecule has 1 atom stereocenters. The molecular weight excluding hydrogens is 863 g/mol. The molecule has 15 rings (SSSR count). The Kier molecular flexibility index (Phi) is 8.63. The zero-order chi connectivity index (χ0) is 46.7. The molecule has 0 spiro atoms. The number of nitrogens with zero attached hydrogens (tertiary/aromatic N) is 5. The molecule has 0 bridgehead atoms. The van der Waals surface area contributed by atoms with Crippen LogP contribution in [0.2, 0.25) is 0 Å². The summed E-state index contributed by atoms with van der Waals surface area (Å²) in [7, 11) is 0. The fraction of sp³-hybridized carbons (Fsp3) is 0.0455. The minimum atomic E-state index is 0.458. The van der Waals surface area contributed by atoms with Crippen molar-refractivity contribution in [1.29, 1.82) is 0 Å². The molecule has 5 nitrogen and oxygen atoms in total. The number of allylic oxidation sites excluding steroid dienone is 1. The van der Waals surface area contributed by atoms with Crippen molar-refractivity contribution in [2.24, 2.45) is 5.92 Å². The average molecular weight is 908 g/mol. The summed E-state index contributed by atoms with van der Waals surface area (Å²) < 4.78 is 9.76. The van der Waals surface area contributed by atoms with Crippen molar-refractivity contribution in [3.05, 3.63) is 242 Å². The van der Waals surface area contributed by atoms with E-state index in [4.69, 9.17) is 4.98 Å². The summed E-state index contributed by atoms with van der Waals surface area (Å²) in [6, 6.07) is 81.9. The number of fused-ring (bicyclic) bond motifs is 13. The van der Waals surface area contributed by atoms with Gasteiger partial charge >= 0.3 is 0 Å². The first-order valence-corrected chi connectivity index (χ1v) is 24.7. The van der Waals surface area contributed by atoms with Crippen LogP contribution in [0.1, 0.15) is 18.2 Å². The maximum absolute atomic E-state index is 5.73. The van der Waals surface area contributed by atoms with Gasteiger partial charge in [0.15, 0.2) is 0 Å². The van der Waals surface area contributed by atoms with Gasteiger partial charge in [0.2, 0.25) is 0 Å². The lowest BCUT2D eigenvalue weighted by Crippen LogP contribution is -2.06. The van der Waals surface area contributed by atoms with Gasteiger partial charge in [0.05, 0.1) is 38.6 Å². The highest BCUT2D eigenvalue weighted by Gasteiger charge is 2.27. The van der Waals surface area contributed by atoms with Crippen LogP contribution >= 0.6 is 0 Å². The predicted molar refractivity (Wildman–Crippen MR) is 297 cm³/mol. The molecule has 0 N–H and O–H groups in total. The Morgan fingerprint density at radius 1 is 0.352 bits per heavy atom. The van der Waals surface area contributed by atoms with Crippen LogP contribution in [0.3, 0.4) is 0 Å². The van der Waals surface area contributed by atoms with E-state index in [1.165, 1.54) is 82.2 Å². The van der Waals surface area contributed by atoms with Crippen LogP contribution in [0.4, 0.5) is 0 Å². The molecule has 0 saturated carbocycles. The summed E-state index contributed by atoms with van der Waals surface area (Å²) in [6.45, 7) is 2.32. The van der Waals surface area contributed by atoms with Crippen molar-refractivity contribution in [2.75, 3.05) is 0 Å². The van der Waals surface area contributed by atoms with Gasteiger partial charge in [-0.3, -0.25) is 9.13 Å². The van der Waals surface area contributed by atoms with Crippen molar-refractivity contribution in [1.82, 2.24) is 23.3 Å². The monoisotopic (exact) mass is 907 g/mol. The van der Waals surface area contributed by atoms with E-state index in [9.17, 15) is 0 Å². The molecule has 0 amide bonds. The fourth-order valence-corrected chi connectivity index (χ4v) is 12.0. The Hall–Kier alpha value is -9.19. The van der Waals surface area contributed by atoms with E-state index in [1.54, 1.807) is 0 Å². The van der Waals surface area contributed by atoms with Crippen LogP contribution in [0, 0.1) is 5.92 Å². The second-order valence-corrected chi connectivity index (χ2v) is 19.2. The topological polar surface area (TPSA) is 32.6 Å². The van der Waals surface area contributed by atoms with Crippen molar-refractivity contribution in [3.8, 4) is 45.3 Å². The smallest absolute Gasteiger partial charge is 0.140 e. The Labute approximate surface area is 410 Å². The summed E-state index contributed by atoms with van der Waals surface area (Å²) in [4.78, 5) is 5.73. The third kappa shape index (κ3) is 5.96. The van der Waals surface area contributed by atoms with Crippen LogP contribution in [-0.2, 0) is 6.42 Å². The van der Waals surface area contributed by atoms with Gasteiger partial charge in [-0.2, -0.15) is 0 Å². The molecule has 9 aromatic carbocycles. The molecule has 5 aromatic heterocycles. The first kappa shape index (κ1) is 39.8. The summed E-state index contributed by atoms with van der Waals surface area (Å²) in [5, 5.41) is 8.48. The second-order valence-electron chi connectivity index (χ2n) is 19.2. The highest BCUT2D eigenvalue weighted by molar-refractivity contribution is 6.20. The van der Waals surface area contributed by atoms with E-state index in [1.807, 2.05) is 0 Å². The second kappa shape index (κ2) is 15.4. The van der Waals surface area contributed by atoms with Gasteiger partial charge in [-0.25, -0.2) is 4.98 Å². The van der Waals surface area contributed by atoms with Gasteiger partial charge in [-0.1, -0.05) is 165 Å². The van der Waals surface area contributed by atoms with E-state index in [0.29, 0.717) is 5.92 Å². The van der Waals surface area contributed by atoms with Crippen LogP contribution in [0.15, 0.2) is 231 Å². The quantitative estimate of drug-likeness (QED) is 0.164. The first-order valence-electron chi connectivity index (χ1n) is 24.7. The minimum absolute atomic E-state index is 0.458. The number of benzene rings is 9. The zero-order valence-electron chi connectivity index (χ0n) is 39.0. The Balaban J connectivity index is 0.985. The van der Waals surface area contributed by atoms with Crippen molar-refractivity contribution < 1.29 is 0 Å². The number of hydrogen-bond acceptors (Lipinski definition) is 1. The molecule has 334 valence electrons. The van der Waals surface area contributed by atoms with Crippen LogP contribution < -0.4 is 0 Å². The predicted octanol–water partition coefficient (Wildman–Crippen LogP) is 16.9. The highest BCUT2D eigenvalue weighted by atomic mass is 15.1. The van der Waals surface area contributed by atoms with E-state index in [-0.39, 0.29) is 0 Å². The van der Waals surface area contributed by atoms with E-state index in [2.05, 4.69) is 262 Å². The van der Waals surface area contributed by atoms with Crippen molar-refractivity contribution >= 4 is 82.4 Å².